The molecule has 0 aliphatic rings. The topological polar surface area (TPSA) is 74.6 Å². The number of carbonyl (C=O) groups is 2. The summed E-state index contributed by atoms with van der Waals surface area (Å²) in [6.07, 6.45) is 41.4. The Labute approximate surface area is 299 Å². The zero-order valence-electron chi connectivity index (χ0n) is 29.8. The van der Waals surface area contributed by atoms with Crippen LogP contribution in [0.1, 0.15) is 208 Å². The molecule has 0 atom stereocenters. The van der Waals surface area contributed by atoms with Crippen LogP contribution in [-0.4, -0.2) is 22.2 Å². The third-order valence-electron chi connectivity index (χ3n) is 7.65. The molecular weight excluding hydrogens is 585 g/mol. The van der Waals surface area contributed by atoms with Gasteiger partial charge in [-0.25, -0.2) is 0 Å². The smallest absolute Gasteiger partial charge is 1.00 e. The average molecular weight is 656 g/mol. The minimum Gasteiger partial charge on any atom is -1.00 e. The summed E-state index contributed by atoms with van der Waals surface area (Å²) in [5.74, 6) is -1.32. The predicted molar refractivity (Wildman–Crippen MR) is 175 cm³/mol. The fourth-order valence-corrected chi connectivity index (χ4v) is 4.99. The van der Waals surface area contributed by atoms with Crippen molar-refractivity contribution < 1.29 is 70.3 Å². The predicted octanol–water partition coefficient (Wildman–Crippen LogP) is 9.56. The molecule has 0 fully saturated rings. The van der Waals surface area contributed by atoms with Crippen molar-refractivity contribution in [3.05, 3.63) is 12.2 Å². The SMILES string of the molecule is CCCCCCCCC=CCCCCCCCC(=O)O.CCCCCCCCCCCCCCCCCC(=O)O.[H-].[Na+].[Zn]. The summed E-state index contributed by atoms with van der Waals surface area (Å²) in [6.45, 7) is 4.53. The van der Waals surface area contributed by atoms with Crippen LogP contribution in [0.5, 0.6) is 0 Å². The first-order chi connectivity index (χ1) is 19.5. The first-order valence-corrected chi connectivity index (χ1v) is 17.6. The fraction of sp³-hybridized carbons (Fsp3) is 0.889. The van der Waals surface area contributed by atoms with Crippen LogP contribution in [0.15, 0.2) is 12.2 Å². The van der Waals surface area contributed by atoms with Gasteiger partial charge in [0.15, 0.2) is 0 Å². The van der Waals surface area contributed by atoms with Gasteiger partial charge >= 0.3 is 41.5 Å². The Hall–Kier alpha value is 0.303. The summed E-state index contributed by atoms with van der Waals surface area (Å²) in [7, 11) is 0. The molecule has 4 nitrogen and oxygen atoms in total. The van der Waals surface area contributed by atoms with Gasteiger partial charge in [-0.2, -0.15) is 0 Å². The molecule has 2 N–H and O–H groups in total. The standard InChI is InChI=1S/C18H36O2.C18H34O2.Na.Zn.H/c2*1-2-3-4-5-6-7-8-9-10-11-12-13-14-15-16-17-18(19)20;;;/h2-17H2,1H3,(H,19,20);9-10H,2-8,11-17H2,1H3,(H,19,20);;;/q;;+1;;-1. The quantitative estimate of drug-likeness (QED) is 0.0443. The normalized spacial score (nSPS) is 10.5. The van der Waals surface area contributed by atoms with E-state index in [-0.39, 0.29) is 50.5 Å². The number of hydrogen-bond donors (Lipinski definition) is 2. The minimum atomic E-state index is -0.664. The second-order valence-electron chi connectivity index (χ2n) is 11.8. The van der Waals surface area contributed by atoms with Crippen LogP contribution < -0.4 is 29.6 Å². The van der Waals surface area contributed by atoms with E-state index in [0.717, 1.165) is 25.7 Å². The maximum absolute atomic E-state index is 10.3. The van der Waals surface area contributed by atoms with Crippen LogP contribution in [0.3, 0.4) is 0 Å². The van der Waals surface area contributed by atoms with Gasteiger partial charge in [0.2, 0.25) is 0 Å². The Morgan fingerprint density at radius 2 is 0.643 bits per heavy atom. The molecule has 0 bridgehead atoms. The zero-order valence-corrected chi connectivity index (χ0v) is 33.8. The van der Waals surface area contributed by atoms with E-state index in [1.807, 2.05) is 0 Å². The molecule has 0 spiro atoms. The number of carboxylic acids is 2. The minimum absolute atomic E-state index is 0. The summed E-state index contributed by atoms with van der Waals surface area (Å²) in [4.78, 5) is 20.7. The van der Waals surface area contributed by atoms with Gasteiger partial charge in [0.1, 0.15) is 0 Å². The largest absolute Gasteiger partial charge is 1.00 e. The van der Waals surface area contributed by atoms with Crippen molar-refractivity contribution in [2.45, 2.75) is 206 Å². The van der Waals surface area contributed by atoms with Crippen molar-refractivity contribution in [1.82, 2.24) is 0 Å². The Bertz CT molecular complexity index is 549. The van der Waals surface area contributed by atoms with Gasteiger partial charge < -0.3 is 11.6 Å². The summed E-state index contributed by atoms with van der Waals surface area (Å²) in [5.41, 5.74) is 0. The molecule has 0 aromatic carbocycles. The van der Waals surface area contributed by atoms with Crippen molar-refractivity contribution in [3.8, 4) is 0 Å². The summed E-state index contributed by atoms with van der Waals surface area (Å²) < 4.78 is 0. The van der Waals surface area contributed by atoms with Crippen LogP contribution in [0.4, 0.5) is 0 Å². The van der Waals surface area contributed by atoms with Crippen LogP contribution >= 0.6 is 0 Å². The molecule has 0 amide bonds. The van der Waals surface area contributed by atoms with Crippen molar-refractivity contribution >= 4 is 11.9 Å². The van der Waals surface area contributed by atoms with E-state index in [2.05, 4.69) is 26.0 Å². The Morgan fingerprint density at radius 1 is 0.429 bits per heavy atom. The van der Waals surface area contributed by atoms with Crippen molar-refractivity contribution in [1.29, 1.82) is 0 Å². The molecule has 42 heavy (non-hydrogen) atoms. The van der Waals surface area contributed by atoms with E-state index in [9.17, 15) is 9.59 Å². The molecule has 0 aromatic heterocycles. The monoisotopic (exact) mass is 654 g/mol. The Kier molecular flexibility index (Phi) is 53.6. The molecule has 0 rings (SSSR count). The maximum Gasteiger partial charge on any atom is 1.00 e. The number of unbranched alkanes of at least 4 members (excludes halogenated alkanes) is 25. The van der Waals surface area contributed by atoms with E-state index in [0.29, 0.717) is 12.8 Å². The summed E-state index contributed by atoms with van der Waals surface area (Å²) in [5, 5.41) is 17.0. The molecule has 6 heteroatoms. The fourth-order valence-electron chi connectivity index (χ4n) is 4.99. The van der Waals surface area contributed by atoms with Crippen LogP contribution in [0, 0.1) is 0 Å². The van der Waals surface area contributed by atoms with Crippen LogP contribution in [0.2, 0.25) is 0 Å². The molecule has 0 unspecified atom stereocenters. The van der Waals surface area contributed by atoms with Crippen LogP contribution in [0.25, 0.3) is 0 Å². The zero-order chi connectivity index (χ0) is 29.8. The van der Waals surface area contributed by atoms with Gasteiger partial charge in [0.25, 0.3) is 0 Å². The molecule has 0 aliphatic heterocycles. The first kappa shape index (κ1) is 49.2. The van der Waals surface area contributed by atoms with Crippen molar-refractivity contribution in [3.63, 3.8) is 0 Å². The van der Waals surface area contributed by atoms with Crippen molar-refractivity contribution in [2.24, 2.45) is 0 Å². The number of hydrogen-bond acceptors (Lipinski definition) is 2. The summed E-state index contributed by atoms with van der Waals surface area (Å²) in [6, 6.07) is 0. The first-order valence-electron chi connectivity index (χ1n) is 17.6. The van der Waals surface area contributed by atoms with E-state index < -0.39 is 11.9 Å². The van der Waals surface area contributed by atoms with Gasteiger partial charge in [-0.3, -0.25) is 9.59 Å². The maximum atomic E-state index is 10.3. The summed E-state index contributed by atoms with van der Waals surface area (Å²) >= 11 is 0. The van der Waals surface area contributed by atoms with Gasteiger partial charge in [0.05, 0.1) is 0 Å². The Morgan fingerprint density at radius 3 is 0.881 bits per heavy atom. The van der Waals surface area contributed by atoms with Gasteiger partial charge in [-0.05, 0) is 38.5 Å². The van der Waals surface area contributed by atoms with Gasteiger partial charge in [-0.15, -0.1) is 0 Å². The van der Waals surface area contributed by atoms with E-state index in [1.54, 1.807) is 0 Å². The van der Waals surface area contributed by atoms with Gasteiger partial charge in [-0.1, -0.05) is 167 Å². The van der Waals surface area contributed by atoms with Crippen LogP contribution in [-0.2, 0) is 29.1 Å². The molecule has 0 aromatic rings. The van der Waals surface area contributed by atoms with E-state index >= 15 is 0 Å². The molecular formula is C36H71NaO4Zn. The molecule has 0 saturated carbocycles. The molecule has 0 saturated heterocycles. The second-order valence-corrected chi connectivity index (χ2v) is 11.8. The van der Waals surface area contributed by atoms with E-state index in [4.69, 9.17) is 10.2 Å². The molecule has 242 valence electrons. The second kappa shape index (κ2) is 45.7. The van der Waals surface area contributed by atoms with Crippen molar-refractivity contribution in [2.75, 3.05) is 0 Å². The molecule has 0 heterocycles. The molecule has 0 aliphatic carbocycles. The number of rotatable bonds is 31. The Balaban J connectivity index is -0.000000209. The number of allylic oxidation sites excluding steroid dienone is 2. The number of carboxylic acid groups (broad SMARTS) is 2. The van der Waals surface area contributed by atoms with Gasteiger partial charge in [0, 0.05) is 32.3 Å². The average Bonchev–Trinajstić information content (AvgIpc) is 2.93. The number of aliphatic carboxylic acids is 2. The third-order valence-corrected chi connectivity index (χ3v) is 7.65. The molecule has 0 radical (unpaired) electrons. The third kappa shape index (κ3) is 52.9. The van der Waals surface area contributed by atoms with E-state index in [1.165, 1.54) is 154 Å².